The second-order valence-electron chi connectivity index (χ2n) is 6.36. The number of amides is 1. The Hall–Kier alpha value is -3.01. The molecule has 0 aliphatic carbocycles. The number of hydrogen-bond acceptors (Lipinski definition) is 6. The van der Waals surface area contributed by atoms with Crippen LogP contribution in [-0.2, 0) is 0 Å². The van der Waals surface area contributed by atoms with E-state index in [2.05, 4.69) is 19.9 Å². The minimum atomic E-state index is -2.57. The Labute approximate surface area is 170 Å². The summed E-state index contributed by atoms with van der Waals surface area (Å²) in [6.07, 6.45) is 6.64. The number of carbonyl (C=O) groups excluding carboxylic acids is 1. The summed E-state index contributed by atoms with van der Waals surface area (Å²) in [5.74, 6) is -1.31. The Morgan fingerprint density at radius 1 is 1.07 bits per heavy atom. The van der Waals surface area contributed by atoms with Gasteiger partial charge in [0, 0.05) is 49.5 Å². The third-order valence-electron chi connectivity index (χ3n) is 4.63. The maximum atomic E-state index is 12.9. The molecule has 1 aliphatic rings. The molecule has 0 atom stereocenters. The monoisotopic (exact) mass is 416 g/mol. The summed E-state index contributed by atoms with van der Waals surface area (Å²) in [7, 11) is 0. The highest BCUT2D eigenvalue weighted by molar-refractivity contribution is 7.99. The molecular weight excluding hydrogens is 398 g/mol. The molecule has 10 heteroatoms. The van der Waals surface area contributed by atoms with Crippen LogP contribution in [0, 0.1) is 0 Å². The number of imidazole rings is 1. The number of aromatic nitrogens is 4. The lowest BCUT2D eigenvalue weighted by Crippen LogP contribution is -2.49. The smallest absolute Gasteiger partial charge is 0.288 e. The zero-order chi connectivity index (χ0) is 20.2. The zero-order valence-electron chi connectivity index (χ0n) is 15.4. The van der Waals surface area contributed by atoms with E-state index in [-0.39, 0.29) is 5.91 Å². The van der Waals surface area contributed by atoms with Crippen molar-refractivity contribution in [3.63, 3.8) is 0 Å². The standard InChI is InChI=1S/C19H18F2N6OS/c20-19(21)29-15-4-2-1-3-14(15)18(28)26-9-7-25(8-10-26)16-11-17(24-12-23-16)27-6-5-22-13-27/h1-6,11-13,19H,7-10H2. The fourth-order valence-electron chi connectivity index (χ4n) is 3.20. The molecule has 0 N–H and O–H groups in total. The summed E-state index contributed by atoms with van der Waals surface area (Å²) in [5.41, 5.74) is 0.315. The van der Waals surface area contributed by atoms with E-state index in [9.17, 15) is 13.6 Å². The molecular formula is C19H18F2N6OS. The number of alkyl halides is 2. The van der Waals surface area contributed by atoms with E-state index < -0.39 is 5.76 Å². The van der Waals surface area contributed by atoms with Crippen molar-refractivity contribution in [2.45, 2.75) is 10.7 Å². The van der Waals surface area contributed by atoms with Crippen LogP contribution in [0.3, 0.4) is 0 Å². The average Bonchev–Trinajstić information content (AvgIpc) is 3.29. The molecule has 0 bridgehead atoms. The number of anilines is 1. The van der Waals surface area contributed by atoms with E-state index in [0.29, 0.717) is 54.2 Å². The first-order chi connectivity index (χ1) is 14.1. The topological polar surface area (TPSA) is 67.2 Å². The third kappa shape index (κ3) is 4.37. The van der Waals surface area contributed by atoms with Gasteiger partial charge in [0.1, 0.15) is 24.3 Å². The molecule has 0 radical (unpaired) electrons. The van der Waals surface area contributed by atoms with Gasteiger partial charge in [-0.15, -0.1) is 0 Å². The van der Waals surface area contributed by atoms with Crippen LogP contribution in [0.15, 0.2) is 60.3 Å². The molecule has 1 aliphatic heterocycles. The van der Waals surface area contributed by atoms with E-state index in [0.717, 1.165) is 5.82 Å². The van der Waals surface area contributed by atoms with E-state index in [4.69, 9.17) is 0 Å². The molecule has 0 unspecified atom stereocenters. The molecule has 150 valence electrons. The molecule has 1 amide bonds. The molecule has 0 saturated carbocycles. The number of rotatable bonds is 5. The van der Waals surface area contributed by atoms with Gasteiger partial charge in [-0.25, -0.2) is 15.0 Å². The molecule has 1 saturated heterocycles. The van der Waals surface area contributed by atoms with E-state index in [1.54, 1.807) is 52.5 Å². The first kappa shape index (κ1) is 19.3. The summed E-state index contributed by atoms with van der Waals surface area (Å²) in [5, 5.41) is 0. The van der Waals surface area contributed by atoms with Gasteiger partial charge in [-0.1, -0.05) is 23.9 Å². The van der Waals surface area contributed by atoms with Gasteiger partial charge in [-0.05, 0) is 12.1 Å². The molecule has 29 heavy (non-hydrogen) atoms. The van der Waals surface area contributed by atoms with Crippen LogP contribution in [0.25, 0.3) is 5.82 Å². The highest BCUT2D eigenvalue weighted by atomic mass is 32.2. The first-order valence-corrected chi connectivity index (χ1v) is 9.88. The molecule has 3 heterocycles. The molecule has 3 aromatic rings. The largest absolute Gasteiger partial charge is 0.353 e. The maximum absolute atomic E-state index is 12.9. The van der Waals surface area contributed by atoms with Gasteiger partial charge in [0.2, 0.25) is 0 Å². The number of nitrogens with zero attached hydrogens (tertiary/aromatic N) is 6. The second kappa shape index (κ2) is 8.56. The summed E-state index contributed by atoms with van der Waals surface area (Å²) in [6, 6.07) is 8.37. The molecule has 1 aromatic carbocycles. The maximum Gasteiger partial charge on any atom is 0.288 e. The van der Waals surface area contributed by atoms with Gasteiger partial charge in [0.15, 0.2) is 0 Å². The van der Waals surface area contributed by atoms with Gasteiger partial charge < -0.3 is 9.80 Å². The lowest BCUT2D eigenvalue weighted by Gasteiger charge is -2.35. The Morgan fingerprint density at radius 2 is 1.83 bits per heavy atom. The predicted molar refractivity (Wildman–Crippen MR) is 106 cm³/mol. The molecule has 1 fully saturated rings. The predicted octanol–water partition coefficient (Wildman–Crippen LogP) is 2.94. The van der Waals surface area contributed by atoms with Crippen LogP contribution in [0.4, 0.5) is 14.6 Å². The first-order valence-electron chi connectivity index (χ1n) is 9.00. The van der Waals surface area contributed by atoms with E-state index >= 15 is 0 Å². The Morgan fingerprint density at radius 3 is 2.55 bits per heavy atom. The highest BCUT2D eigenvalue weighted by Gasteiger charge is 2.25. The number of carbonyl (C=O) groups is 1. The number of hydrogen-bond donors (Lipinski definition) is 0. The SMILES string of the molecule is O=C(c1ccccc1SC(F)F)N1CCN(c2cc(-n3ccnc3)ncn2)CC1. The van der Waals surface area contributed by atoms with Crippen molar-refractivity contribution in [1.29, 1.82) is 0 Å². The number of thioether (sulfide) groups is 1. The molecule has 7 nitrogen and oxygen atoms in total. The lowest BCUT2D eigenvalue weighted by atomic mass is 10.2. The van der Waals surface area contributed by atoms with Gasteiger partial charge in [0.25, 0.3) is 11.7 Å². The Balaban J connectivity index is 1.44. The fraction of sp³-hybridized carbons (Fsp3) is 0.263. The zero-order valence-corrected chi connectivity index (χ0v) is 16.2. The summed E-state index contributed by atoms with van der Waals surface area (Å²) in [6.45, 7) is 2.15. The minimum Gasteiger partial charge on any atom is -0.353 e. The average molecular weight is 416 g/mol. The quantitative estimate of drug-likeness (QED) is 0.596. The highest BCUT2D eigenvalue weighted by Crippen LogP contribution is 2.29. The van der Waals surface area contributed by atoms with E-state index in [1.165, 1.54) is 6.33 Å². The normalized spacial score (nSPS) is 14.4. The Bertz CT molecular complexity index is 976. The molecule has 4 rings (SSSR count). The van der Waals surface area contributed by atoms with Gasteiger partial charge >= 0.3 is 0 Å². The number of piperazine rings is 1. The van der Waals surface area contributed by atoms with Crippen molar-refractivity contribution in [2.75, 3.05) is 31.1 Å². The van der Waals surface area contributed by atoms with Crippen molar-refractivity contribution in [3.8, 4) is 5.82 Å². The Kier molecular flexibility index (Phi) is 5.70. The van der Waals surface area contributed by atoms with Crippen LogP contribution >= 0.6 is 11.8 Å². The molecule has 2 aromatic heterocycles. The third-order valence-corrected chi connectivity index (χ3v) is 5.42. The van der Waals surface area contributed by atoms with Crippen molar-refractivity contribution < 1.29 is 13.6 Å². The van der Waals surface area contributed by atoms with Crippen LogP contribution in [0.1, 0.15) is 10.4 Å². The molecule has 0 spiro atoms. The van der Waals surface area contributed by atoms with Crippen LogP contribution < -0.4 is 4.90 Å². The minimum absolute atomic E-state index is 0.227. The number of halogens is 2. The lowest BCUT2D eigenvalue weighted by molar-refractivity contribution is 0.0743. The van der Waals surface area contributed by atoms with Crippen molar-refractivity contribution >= 4 is 23.5 Å². The van der Waals surface area contributed by atoms with Gasteiger partial charge in [-0.2, -0.15) is 8.78 Å². The summed E-state index contributed by atoms with van der Waals surface area (Å²) < 4.78 is 27.4. The van der Waals surface area contributed by atoms with E-state index in [1.807, 2.05) is 6.07 Å². The summed E-state index contributed by atoms with van der Waals surface area (Å²) in [4.78, 5) is 29.5. The van der Waals surface area contributed by atoms with Crippen LogP contribution in [0.2, 0.25) is 0 Å². The van der Waals surface area contributed by atoms with Gasteiger partial charge in [0.05, 0.1) is 5.56 Å². The summed E-state index contributed by atoms with van der Waals surface area (Å²) >= 11 is 0.399. The number of benzene rings is 1. The van der Waals surface area contributed by atoms with Crippen molar-refractivity contribution in [3.05, 3.63) is 60.9 Å². The fourth-order valence-corrected chi connectivity index (χ4v) is 3.83. The van der Waals surface area contributed by atoms with Gasteiger partial charge in [-0.3, -0.25) is 9.36 Å². The van der Waals surface area contributed by atoms with Crippen LogP contribution in [-0.4, -0.2) is 62.3 Å². The second-order valence-corrected chi connectivity index (χ2v) is 7.39. The van der Waals surface area contributed by atoms with Crippen molar-refractivity contribution in [1.82, 2.24) is 24.4 Å². The van der Waals surface area contributed by atoms with Crippen LogP contribution in [0.5, 0.6) is 0 Å². The van der Waals surface area contributed by atoms with Crippen molar-refractivity contribution in [2.24, 2.45) is 0 Å².